The van der Waals surface area contributed by atoms with Crippen LogP contribution in [0.25, 0.3) is 77.9 Å². The molecule has 0 fully saturated rings. The highest BCUT2D eigenvalue weighted by Crippen LogP contribution is 2.62. The van der Waals surface area contributed by atoms with E-state index in [-0.39, 0.29) is 5.41 Å². The molecule has 0 aliphatic heterocycles. The predicted octanol–water partition coefficient (Wildman–Crippen LogP) is 21.6. The lowest BCUT2D eigenvalue weighted by molar-refractivity contribution is 0.660. The van der Waals surface area contributed by atoms with Crippen molar-refractivity contribution < 1.29 is 0 Å². The van der Waals surface area contributed by atoms with Crippen molar-refractivity contribution in [2.45, 2.75) is 50.4 Å². The predicted molar refractivity (Wildman–Crippen MR) is 359 cm³/mol. The highest BCUT2D eigenvalue weighted by molar-refractivity contribution is 6.00. The standard InChI is InChI=1S/C86H64/c1-56-36-44-60(45-37-56)64-54-74(63-20-17-25-68(53-63)86(66-23-9-6-10-24-66)77-33-16-12-27-72(77)82-70(30-19-35-79(82)86)61-46-38-57(2)39-47-61)83-73-28-13-15-32-76(73)85(80(83)55-64,65-21-7-5-8-22-65)67-50-42-59(43-51-67)52-58-40-48-62(49-41-58)69-29-18-34-78-81(69)71-26-11-14-31-75(71)84(78,3)4/h5-51,53-55H,52H2,1-4H3. The van der Waals surface area contributed by atoms with Crippen molar-refractivity contribution in [2.75, 3.05) is 0 Å². The van der Waals surface area contributed by atoms with Crippen LogP contribution in [0.4, 0.5) is 0 Å². The van der Waals surface area contributed by atoms with Crippen molar-refractivity contribution in [1.29, 1.82) is 0 Å². The first-order valence-electron chi connectivity index (χ1n) is 30.5. The normalized spacial score (nSPS) is 16.4. The summed E-state index contributed by atoms with van der Waals surface area (Å²) in [7, 11) is 0. The Hall–Kier alpha value is -10.1. The lowest BCUT2D eigenvalue weighted by Crippen LogP contribution is -2.29. The van der Waals surface area contributed by atoms with Gasteiger partial charge in [-0.25, -0.2) is 0 Å². The Balaban J connectivity index is 0.859. The molecule has 0 heteroatoms. The van der Waals surface area contributed by atoms with Crippen molar-refractivity contribution in [3.63, 3.8) is 0 Å². The monoisotopic (exact) mass is 1100 g/mol. The van der Waals surface area contributed by atoms with E-state index in [0.717, 1.165) is 6.42 Å². The highest BCUT2D eigenvalue weighted by atomic mass is 14.5. The molecule has 0 saturated carbocycles. The van der Waals surface area contributed by atoms with Crippen LogP contribution >= 0.6 is 0 Å². The number of rotatable bonds is 10. The maximum Gasteiger partial charge on any atom is 0.0714 e. The Labute approximate surface area is 506 Å². The summed E-state index contributed by atoms with van der Waals surface area (Å²) in [6.45, 7) is 9.07. The first-order valence-corrected chi connectivity index (χ1v) is 30.5. The summed E-state index contributed by atoms with van der Waals surface area (Å²) in [5, 5.41) is 0. The fourth-order valence-corrected chi connectivity index (χ4v) is 15.6. The van der Waals surface area contributed by atoms with Gasteiger partial charge in [0.25, 0.3) is 0 Å². The van der Waals surface area contributed by atoms with Crippen molar-refractivity contribution in [3.8, 4) is 77.9 Å². The van der Waals surface area contributed by atoms with E-state index in [1.807, 2.05) is 0 Å². The van der Waals surface area contributed by atoms with Crippen molar-refractivity contribution in [2.24, 2.45) is 0 Å². The van der Waals surface area contributed by atoms with Crippen LogP contribution in [0, 0.1) is 13.8 Å². The molecule has 13 aromatic rings. The third-order valence-corrected chi connectivity index (χ3v) is 19.6. The molecule has 0 aromatic heterocycles. The van der Waals surface area contributed by atoms with Gasteiger partial charge < -0.3 is 0 Å². The molecule has 86 heavy (non-hydrogen) atoms. The van der Waals surface area contributed by atoms with E-state index in [9.17, 15) is 0 Å². The van der Waals surface area contributed by atoms with Crippen LogP contribution in [0.15, 0.2) is 303 Å². The summed E-state index contributed by atoms with van der Waals surface area (Å²) in [6, 6.07) is 116. The SMILES string of the molecule is Cc1ccc(-c2cc(-c3cccc(C4(c5ccccc5)c5ccccc5-c5c(-c6ccc(C)cc6)cccc54)c3)c3c(c2)C(c2ccccc2)(c2ccc(Cc4ccc(-c5cccc6c5-c5ccccc5C6(C)C)cc4)cc2)c2ccccc2-3)cc1. The van der Waals surface area contributed by atoms with Crippen molar-refractivity contribution >= 4 is 0 Å². The zero-order valence-corrected chi connectivity index (χ0v) is 49.1. The Morgan fingerprint density at radius 3 is 1.21 bits per heavy atom. The second kappa shape index (κ2) is 20.0. The minimum atomic E-state index is -0.634. The lowest BCUT2D eigenvalue weighted by Gasteiger charge is -2.35. The van der Waals surface area contributed by atoms with E-state index in [0.29, 0.717) is 0 Å². The lowest BCUT2D eigenvalue weighted by atomic mass is 9.66. The number of benzene rings is 13. The molecule has 13 aromatic carbocycles. The second-order valence-electron chi connectivity index (χ2n) is 24.8. The molecule has 0 spiro atoms. The van der Waals surface area contributed by atoms with Crippen LogP contribution in [-0.2, 0) is 22.7 Å². The van der Waals surface area contributed by atoms with Crippen LogP contribution in [-0.4, -0.2) is 0 Å². The van der Waals surface area contributed by atoms with Crippen LogP contribution in [0.2, 0.25) is 0 Å². The van der Waals surface area contributed by atoms with E-state index >= 15 is 0 Å². The molecule has 0 nitrogen and oxygen atoms in total. The molecule has 0 heterocycles. The van der Waals surface area contributed by atoms with E-state index < -0.39 is 10.8 Å². The van der Waals surface area contributed by atoms with Crippen LogP contribution in [0.3, 0.4) is 0 Å². The van der Waals surface area contributed by atoms with Crippen LogP contribution < -0.4 is 0 Å². The van der Waals surface area contributed by atoms with Crippen LogP contribution in [0.1, 0.15) is 91.7 Å². The Morgan fingerprint density at radius 2 is 0.628 bits per heavy atom. The molecular formula is C86H64. The number of fused-ring (bicyclic) bond motifs is 9. The third kappa shape index (κ3) is 7.75. The second-order valence-corrected chi connectivity index (χ2v) is 24.8. The summed E-state index contributed by atoms with van der Waals surface area (Å²) in [4.78, 5) is 0. The Morgan fingerprint density at radius 1 is 0.233 bits per heavy atom. The molecule has 0 bridgehead atoms. The van der Waals surface area contributed by atoms with Crippen molar-refractivity contribution in [1.82, 2.24) is 0 Å². The van der Waals surface area contributed by atoms with Gasteiger partial charge in [-0.2, -0.15) is 0 Å². The van der Waals surface area contributed by atoms with Gasteiger partial charge in [0.05, 0.1) is 10.8 Å². The molecular weight excluding hydrogens is 1030 g/mol. The quantitative estimate of drug-likeness (QED) is 0.128. The number of hydrogen-bond acceptors (Lipinski definition) is 0. The average Bonchev–Trinajstić information content (AvgIpc) is 1.56. The highest BCUT2D eigenvalue weighted by Gasteiger charge is 2.49. The van der Waals surface area contributed by atoms with E-state index in [4.69, 9.17) is 0 Å². The molecule has 0 N–H and O–H groups in total. The summed E-state index contributed by atoms with van der Waals surface area (Å²) >= 11 is 0. The minimum Gasteiger partial charge on any atom is -0.0622 e. The molecule has 0 amide bonds. The van der Waals surface area contributed by atoms with Gasteiger partial charge in [-0.15, -0.1) is 0 Å². The molecule has 408 valence electrons. The summed E-state index contributed by atoms with van der Waals surface area (Å²) in [5.74, 6) is 0. The molecule has 0 radical (unpaired) electrons. The fourth-order valence-electron chi connectivity index (χ4n) is 15.6. The van der Waals surface area contributed by atoms with Gasteiger partial charge in [0, 0.05) is 5.41 Å². The van der Waals surface area contributed by atoms with Gasteiger partial charge in [-0.1, -0.05) is 310 Å². The molecule has 3 aliphatic carbocycles. The molecule has 2 unspecified atom stereocenters. The van der Waals surface area contributed by atoms with E-state index in [1.165, 1.54) is 156 Å². The summed E-state index contributed by atoms with van der Waals surface area (Å²) in [5.41, 5.74) is 34.5. The Bertz CT molecular complexity index is 4770. The van der Waals surface area contributed by atoms with E-state index in [2.05, 4.69) is 331 Å². The van der Waals surface area contributed by atoms with Crippen molar-refractivity contribution in [3.05, 3.63) is 381 Å². The minimum absolute atomic E-state index is 0.0368. The molecule has 0 saturated heterocycles. The zero-order chi connectivity index (χ0) is 57.7. The third-order valence-electron chi connectivity index (χ3n) is 19.6. The van der Waals surface area contributed by atoms with Gasteiger partial charge in [-0.3, -0.25) is 0 Å². The molecule has 3 aliphatic rings. The van der Waals surface area contributed by atoms with Gasteiger partial charge in [0.15, 0.2) is 0 Å². The first-order chi connectivity index (χ1) is 42.2. The average molecular weight is 1100 g/mol. The largest absolute Gasteiger partial charge is 0.0714 e. The van der Waals surface area contributed by atoms with Crippen LogP contribution in [0.5, 0.6) is 0 Å². The van der Waals surface area contributed by atoms with Gasteiger partial charge in [-0.05, 0) is 183 Å². The molecule has 2 atom stereocenters. The first kappa shape index (κ1) is 51.5. The van der Waals surface area contributed by atoms with E-state index in [1.54, 1.807) is 0 Å². The molecule has 16 rings (SSSR count). The summed E-state index contributed by atoms with van der Waals surface area (Å²) in [6.07, 6.45) is 0.833. The zero-order valence-electron chi connectivity index (χ0n) is 49.1. The maximum absolute atomic E-state index is 2.53. The number of hydrogen-bond donors (Lipinski definition) is 0. The Kier molecular flexibility index (Phi) is 12.0. The van der Waals surface area contributed by atoms with Gasteiger partial charge in [0.1, 0.15) is 0 Å². The number of aryl methyl sites for hydroxylation is 2. The van der Waals surface area contributed by atoms with Gasteiger partial charge in [0.2, 0.25) is 0 Å². The summed E-state index contributed by atoms with van der Waals surface area (Å²) < 4.78 is 0. The fraction of sp³-hybridized carbons (Fsp3) is 0.0930. The smallest absolute Gasteiger partial charge is 0.0622 e. The maximum atomic E-state index is 2.53. The topological polar surface area (TPSA) is 0 Å². The van der Waals surface area contributed by atoms with Gasteiger partial charge >= 0.3 is 0 Å².